The molecule has 0 aromatic carbocycles. The van der Waals surface area contributed by atoms with E-state index in [1.54, 1.807) is 11.0 Å². The number of nitrogens with one attached hydrogen (secondary N) is 1. The molecule has 0 radical (unpaired) electrons. The average Bonchev–Trinajstić information content (AvgIpc) is 2.98. The molecule has 1 saturated heterocycles. The molecule has 2 N–H and O–H groups in total. The van der Waals surface area contributed by atoms with Crippen LogP contribution >= 0.6 is 11.3 Å². The fourth-order valence-corrected chi connectivity index (χ4v) is 4.75. The fourth-order valence-electron chi connectivity index (χ4n) is 2.56. The molecule has 6 nitrogen and oxygen atoms in total. The van der Waals surface area contributed by atoms with Gasteiger partial charge in [-0.15, -0.1) is 11.3 Å². The molecule has 8 heteroatoms. The number of hydrogen-bond donors (Lipinski definition) is 2. The Bertz CT molecular complexity index is 584. The van der Waals surface area contributed by atoms with Gasteiger partial charge in [0.15, 0.2) is 0 Å². The molecule has 1 amide bonds. The van der Waals surface area contributed by atoms with Crippen LogP contribution in [-0.4, -0.2) is 55.8 Å². The van der Waals surface area contributed by atoms with Gasteiger partial charge in [-0.2, -0.15) is 0 Å². The highest BCUT2D eigenvalue weighted by molar-refractivity contribution is 7.89. The Labute approximate surface area is 135 Å². The van der Waals surface area contributed by atoms with Crippen LogP contribution in [0.25, 0.3) is 0 Å². The molecule has 22 heavy (non-hydrogen) atoms. The molecule has 2 rings (SSSR count). The van der Waals surface area contributed by atoms with Crippen LogP contribution in [0.3, 0.4) is 0 Å². The van der Waals surface area contributed by atoms with Crippen molar-refractivity contribution in [2.24, 2.45) is 5.92 Å². The van der Waals surface area contributed by atoms with E-state index in [1.165, 1.54) is 18.3 Å². The maximum atomic E-state index is 12.3. The SMILES string of the molecule is CC(O)CNS(=O)(=O)CC1CCCN(C(=O)c2cccs2)C1. The van der Waals surface area contributed by atoms with Gasteiger partial charge in [0.25, 0.3) is 5.91 Å². The molecule has 1 aromatic heterocycles. The lowest BCUT2D eigenvalue weighted by atomic mass is 10.00. The van der Waals surface area contributed by atoms with E-state index in [0.29, 0.717) is 18.0 Å². The normalized spacial score (nSPS) is 20.8. The number of thiophene rings is 1. The summed E-state index contributed by atoms with van der Waals surface area (Å²) in [6, 6.07) is 3.63. The van der Waals surface area contributed by atoms with E-state index in [1.807, 2.05) is 11.4 Å². The zero-order valence-electron chi connectivity index (χ0n) is 12.6. The highest BCUT2D eigenvalue weighted by Crippen LogP contribution is 2.21. The number of rotatable bonds is 6. The van der Waals surface area contributed by atoms with E-state index in [4.69, 9.17) is 5.11 Å². The maximum absolute atomic E-state index is 12.3. The van der Waals surface area contributed by atoms with Gasteiger partial charge in [0.2, 0.25) is 10.0 Å². The first-order valence-electron chi connectivity index (χ1n) is 7.35. The molecule has 0 bridgehead atoms. The van der Waals surface area contributed by atoms with E-state index in [-0.39, 0.29) is 24.1 Å². The number of carbonyl (C=O) groups excluding carboxylic acids is 1. The highest BCUT2D eigenvalue weighted by Gasteiger charge is 2.28. The molecule has 0 spiro atoms. The topological polar surface area (TPSA) is 86.7 Å². The minimum Gasteiger partial charge on any atom is -0.392 e. The molecule has 0 saturated carbocycles. The third-order valence-corrected chi connectivity index (χ3v) is 5.97. The summed E-state index contributed by atoms with van der Waals surface area (Å²) in [7, 11) is -3.42. The molecule has 0 aliphatic carbocycles. The Morgan fingerprint density at radius 3 is 3.00 bits per heavy atom. The quantitative estimate of drug-likeness (QED) is 0.801. The van der Waals surface area contributed by atoms with Crippen molar-refractivity contribution in [3.63, 3.8) is 0 Å². The first-order chi connectivity index (χ1) is 10.4. The summed E-state index contributed by atoms with van der Waals surface area (Å²) in [4.78, 5) is 14.8. The standard InChI is InChI=1S/C14H22N2O4S2/c1-11(17)8-15-22(19,20)10-12-4-2-6-16(9-12)14(18)13-5-3-7-21-13/h3,5,7,11-12,15,17H,2,4,6,8-10H2,1H3. The van der Waals surface area contributed by atoms with Gasteiger partial charge in [-0.25, -0.2) is 13.1 Å². The monoisotopic (exact) mass is 346 g/mol. The maximum Gasteiger partial charge on any atom is 0.263 e. The van der Waals surface area contributed by atoms with Crippen molar-refractivity contribution in [3.8, 4) is 0 Å². The van der Waals surface area contributed by atoms with E-state index < -0.39 is 16.1 Å². The number of carbonyl (C=O) groups is 1. The third-order valence-electron chi connectivity index (χ3n) is 3.59. The molecule has 124 valence electrons. The highest BCUT2D eigenvalue weighted by atomic mass is 32.2. The zero-order chi connectivity index (χ0) is 16.2. The van der Waals surface area contributed by atoms with Gasteiger partial charge >= 0.3 is 0 Å². The molecule has 2 atom stereocenters. The van der Waals surface area contributed by atoms with Gasteiger partial charge in [0, 0.05) is 19.6 Å². The number of likely N-dealkylation sites (tertiary alicyclic amines) is 1. The minimum atomic E-state index is -3.42. The van der Waals surface area contributed by atoms with Gasteiger partial charge in [0.1, 0.15) is 0 Å². The number of amides is 1. The molecule has 2 heterocycles. The zero-order valence-corrected chi connectivity index (χ0v) is 14.2. The first kappa shape index (κ1) is 17.4. The fraction of sp³-hybridized carbons (Fsp3) is 0.643. The smallest absolute Gasteiger partial charge is 0.263 e. The number of nitrogens with zero attached hydrogens (tertiary/aromatic N) is 1. The van der Waals surface area contributed by atoms with E-state index in [2.05, 4.69) is 4.72 Å². The van der Waals surface area contributed by atoms with Crippen LogP contribution in [0.2, 0.25) is 0 Å². The lowest BCUT2D eigenvalue weighted by molar-refractivity contribution is 0.0689. The predicted octanol–water partition coefficient (Wildman–Crippen LogP) is 0.901. The number of aliphatic hydroxyl groups excluding tert-OH is 1. The van der Waals surface area contributed by atoms with E-state index in [9.17, 15) is 13.2 Å². The van der Waals surface area contributed by atoms with E-state index in [0.717, 1.165) is 12.8 Å². The first-order valence-corrected chi connectivity index (χ1v) is 9.89. The summed E-state index contributed by atoms with van der Waals surface area (Å²) in [5.41, 5.74) is 0. The van der Waals surface area contributed by atoms with Crippen LogP contribution in [0.15, 0.2) is 17.5 Å². The minimum absolute atomic E-state index is 0.00601. The summed E-state index contributed by atoms with van der Waals surface area (Å²) in [5.74, 6) is -0.0910. The van der Waals surface area contributed by atoms with Crippen LogP contribution in [0, 0.1) is 5.92 Å². The predicted molar refractivity (Wildman–Crippen MR) is 86.4 cm³/mol. The van der Waals surface area contributed by atoms with Crippen LogP contribution in [0.5, 0.6) is 0 Å². The summed E-state index contributed by atoms with van der Waals surface area (Å²) < 4.78 is 26.4. The van der Waals surface area contributed by atoms with Gasteiger partial charge in [-0.1, -0.05) is 6.07 Å². The van der Waals surface area contributed by atoms with Crippen molar-refractivity contribution in [2.45, 2.75) is 25.9 Å². The second kappa shape index (κ2) is 7.54. The molecular weight excluding hydrogens is 324 g/mol. The molecule has 1 aliphatic heterocycles. The van der Waals surface area contributed by atoms with Crippen molar-refractivity contribution >= 4 is 27.3 Å². The number of sulfonamides is 1. The Morgan fingerprint density at radius 2 is 2.36 bits per heavy atom. The largest absolute Gasteiger partial charge is 0.392 e. The number of hydrogen-bond acceptors (Lipinski definition) is 5. The van der Waals surface area contributed by atoms with Crippen LogP contribution in [0.1, 0.15) is 29.4 Å². The van der Waals surface area contributed by atoms with Crippen molar-refractivity contribution in [1.82, 2.24) is 9.62 Å². The molecular formula is C14H22N2O4S2. The summed E-state index contributed by atoms with van der Waals surface area (Å²) in [6.07, 6.45) is 0.898. The second-order valence-corrected chi connectivity index (χ2v) is 8.51. The summed E-state index contributed by atoms with van der Waals surface area (Å²) >= 11 is 1.40. The average molecular weight is 346 g/mol. The van der Waals surface area contributed by atoms with Crippen LogP contribution < -0.4 is 4.72 Å². The van der Waals surface area contributed by atoms with Crippen molar-refractivity contribution in [1.29, 1.82) is 0 Å². The third kappa shape index (κ3) is 5.05. The van der Waals surface area contributed by atoms with Crippen molar-refractivity contribution < 1.29 is 18.3 Å². The second-order valence-electron chi connectivity index (χ2n) is 5.72. The summed E-state index contributed by atoms with van der Waals surface area (Å²) in [6.45, 7) is 2.69. The van der Waals surface area contributed by atoms with E-state index >= 15 is 0 Å². The van der Waals surface area contributed by atoms with Crippen molar-refractivity contribution in [2.75, 3.05) is 25.4 Å². The van der Waals surface area contributed by atoms with Crippen LogP contribution in [0.4, 0.5) is 0 Å². The molecule has 1 fully saturated rings. The Balaban J connectivity index is 1.92. The lowest BCUT2D eigenvalue weighted by Gasteiger charge is -2.32. The molecule has 1 aromatic rings. The number of aliphatic hydroxyl groups is 1. The molecule has 2 unspecified atom stereocenters. The van der Waals surface area contributed by atoms with Gasteiger partial charge in [0.05, 0.1) is 16.7 Å². The molecule has 1 aliphatic rings. The lowest BCUT2D eigenvalue weighted by Crippen LogP contribution is -2.43. The van der Waals surface area contributed by atoms with Gasteiger partial charge < -0.3 is 10.0 Å². The Hall–Kier alpha value is -0.960. The number of piperidine rings is 1. The Morgan fingerprint density at radius 1 is 1.59 bits per heavy atom. The van der Waals surface area contributed by atoms with Gasteiger partial charge in [-0.3, -0.25) is 4.79 Å². The Kier molecular flexibility index (Phi) is 5.96. The van der Waals surface area contributed by atoms with Crippen molar-refractivity contribution in [3.05, 3.63) is 22.4 Å². The van der Waals surface area contributed by atoms with Crippen LogP contribution in [-0.2, 0) is 10.0 Å². The van der Waals surface area contributed by atoms with Gasteiger partial charge in [-0.05, 0) is 37.1 Å². The summed E-state index contributed by atoms with van der Waals surface area (Å²) in [5, 5.41) is 11.0.